The molecule has 1 aromatic carbocycles. The van der Waals surface area contributed by atoms with Crippen LogP contribution in [-0.4, -0.2) is 31.3 Å². The number of hydrogen-bond donors (Lipinski definition) is 0. The lowest BCUT2D eigenvalue weighted by Gasteiger charge is -2.33. The van der Waals surface area contributed by atoms with Gasteiger partial charge in [-0.1, -0.05) is 62.9 Å². The summed E-state index contributed by atoms with van der Waals surface area (Å²) in [6.07, 6.45) is 6.73. The quantitative estimate of drug-likeness (QED) is 0.594. The predicted octanol–water partition coefficient (Wildman–Crippen LogP) is 4.44. The minimum atomic E-state index is -0.306. The topological polar surface area (TPSA) is 20.3 Å². The zero-order valence-electron chi connectivity index (χ0n) is 14.2. The van der Waals surface area contributed by atoms with Gasteiger partial charge in [0.2, 0.25) is 0 Å². The number of rotatable bonds is 10. The minimum Gasteiger partial charge on any atom is -0.309 e. The number of nitrogens with zero attached hydrogens (tertiary/aromatic N) is 1. The van der Waals surface area contributed by atoms with Crippen molar-refractivity contribution in [1.29, 1.82) is 0 Å². The maximum atomic E-state index is 12.5. The van der Waals surface area contributed by atoms with E-state index in [0.717, 1.165) is 25.8 Å². The lowest BCUT2D eigenvalue weighted by molar-refractivity contribution is -0.123. The third-order valence-electron chi connectivity index (χ3n) is 4.44. The van der Waals surface area contributed by atoms with Crippen molar-refractivity contribution in [2.75, 3.05) is 20.6 Å². The van der Waals surface area contributed by atoms with E-state index in [0.29, 0.717) is 5.78 Å². The fourth-order valence-electron chi connectivity index (χ4n) is 2.99. The van der Waals surface area contributed by atoms with E-state index in [-0.39, 0.29) is 5.41 Å². The molecule has 0 saturated carbocycles. The minimum absolute atomic E-state index is 0.306. The Bertz CT molecular complexity index is 413. The number of benzene rings is 1. The Morgan fingerprint density at radius 1 is 1.05 bits per heavy atom. The van der Waals surface area contributed by atoms with Gasteiger partial charge in [0.15, 0.2) is 0 Å². The van der Waals surface area contributed by atoms with Gasteiger partial charge < -0.3 is 4.90 Å². The molecule has 0 bridgehead atoms. The highest BCUT2D eigenvalue weighted by Gasteiger charge is 2.36. The van der Waals surface area contributed by atoms with E-state index in [1.165, 1.54) is 24.8 Å². The van der Waals surface area contributed by atoms with E-state index >= 15 is 0 Å². The van der Waals surface area contributed by atoms with Crippen LogP contribution < -0.4 is 0 Å². The second-order valence-electron chi connectivity index (χ2n) is 6.37. The molecule has 1 unspecified atom stereocenters. The Labute approximate surface area is 130 Å². The van der Waals surface area contributed by atoms with Gasteiger partial charge in [0.05, 0.1) is 5.41 Å². The first-order chi connectivity index (χ1) is 10.0. The Morgan fingerprint density at radius 3 is 2.24 bits per heavy atom. The summed E-state index contributed by atoms with van der Waals surface area (Å²) in [5, 5.41) is 0. The van der Waals surface area contributed by atoms with Crippen LogP contribution in [0.2, 0.25) is 0 Å². The molecule has 0 fully saturated rings. The lowest BCUT2D eigenvalue weighted by Crippen LogP contribution is -2.37. The Balaban J connectivity index is 2.96. The fraction of sp³-hybridized carbons (Fsp3) is 0.632. The SMILES string of the molecule is CCCCCCC(CCN(C)C)(C(C)=O)c1ccccc1. The largest absolute Gasteiger partial charge is 0.309 e. The molecule has 0 aliphatic rings. The van der Waals surface area contributed by atoms with Gasteiger partial charge in [-0.3, -0.25) is 4.79 Å². The van der Waals surface area contributed by atoms with E-state index in [4.69, 9.17) is 0 Å². The van der Waals surface area contributed by atoms with Crippen LogP contribution in [0, 0.1) is 0 Å². The second-order valence-corrected chi connectivity index (χ2v) is 6.37. The molecular weight excluding hydrogens is 258 g/mol. The zero-order chi connectivity index (χ0) is 15.7. The Morgan fingerprint density at radius 2 is 1.71 bits per heavy atom. The van der Waals surface area contributed by atoms with Crippen molar-refractivity contribution in [3.63, 3.8) is 0 Å². The van der Waals surface area contributed by atoms with E-state index in [1.807, 2.05) is 6.07 Å². The van der Waals surface area contributed by atoms with E-state index in [2.05, 4.69) is 50.2 Å². The highest BCUT2D eigenvalue weighted by Crippen LogP contribution is 2.35. The van der Waals surface area contributed by atoms with Crippen LogP contribution in [0.5, 0.6) is 0 Å². The molecular formula is C19H31NO. The molecule has 2 nitrogen and oxygen atoms in total. The van der Waals surface area contributed by atoms with Crippen molar-refractivity contribution in [3.05, 3.63) is 35.9 Å². The number of Topliss-reactive ketones (excluding diaryl/α,β-unsaturated/α-hetero) is 1. The molecule has 0 spiro atoms. The summed E-state index contributed by atoms with van der Waals surface area (Å²) >= 11 is 0. The third-order valence-corrected chi connectivity index (χ3v) is 4.44. The molecule has 0 saturated heterocycles. The normalized spacial score (nSPS) is 14.1. The van der Waals surface area contributed by atoms with Crippen molar-refractivity contribution in [1.82, 2.24) is 4.90 Å². The number of unbranched alkanes of at least 4 members (excludes halogenated alkanes) is 3. The summed E-state index contributed by atoms with van der Waals surface area (Å²) in [7, 11) is 4.15. The van der Waals surface area contributed by atoms with Crippen LogP contribution in [-0.2, 0) is 10.2 Å². The molecule has 0 heterocycles. The van der Waals surface area contributed by atoms with Crippen LogP contribution in [0.3, 0.4) is 0 Å². The molecule has 0 N–H and O–H groups in total. The smallest absolute Gasteiger partial charge is 0.140 e. The third kappa shape index (κ3) is 5.28. The highest BCUT2D eigenvalue weighted by atomic mass is 16.1. The van der Waals surface area contributed by atoms with Crippen LogP contribution in [0.4, 0.5) is 0 Å². The average molecular weight is 289 g/mol. The highest BCUT2D eigenvalue weighted by molar-refractivity contribution is 5.88. The number of carbonyl (C=O) groups is 1. The summed E-state index contributed by atoms with van der Waals surface area (Å²) in [5.74, 6) is 0.312. The van der Waals surface area contributed by atoms with Gasteiger partial charge in [-0.05, 0) is 46.0 Å². The van der Waals surface area contributed by atoms with Crippen LogP contribution >= 0.6 is 0 Å². The first kappa shape index (κ1) is 17.9. The zero-order valence-corrected chi connectivity index (χ0v) is 14.2. The van der Waals surface area contributed by atoms with Gasteiger partial charge in [-0.2, -0.15) is 0 Å². The maximum absolute atomic E-state index is 12.5. The van der Waals surface area contributed by atoms with Crippen LogP contribution in [0.1, 0.15) is 57.9 Å². The molecule has 1 aromatic rings. The number of hydrogen-bond acceptors (Lipinski definition) is 2. The molecule has 0 amide bonds. The number of ketones is 1. The van der Waals surface area contributed by atoms with E-state index in [1.54, 1.807) is 6.92 Å². The summed E-state index contributed by atoms with van der Waals surface area (Å²) in [6.45, 7) is 4.94. The summed E-state index contributed by atoms with van der Waals surface area (Å²) in [5.41, 5.74) is 0.884. The van der Waals surface area contributed by atoms with Crippen molar-refractivity contribution >= 4 is 5.78 Å². The standard InChI is InChI=1S/C19H31NO/c1-5-6-7-11-14-19(17(2)21,15-16-20(3)4)18-12-9-8-10-13-18/h8-10,12-13H,5-7,11,14-16H2,1-4H3. The monoisotopic (exact) mass is 289 g/mol. The van der Waals surface area contributed by atoms with Gasteiger partial charge in [-0.25, -0.2) is 0 Å². The van der Waals surface area contributed by atoms with E-state index in [9.17, 15) is 4.79 Å². The summed E-state index contributed by atoms with van der Waals surface area (Å²) in [6, 6.07) is 10.4. The molecule has 0 aromatic heterocycles. The molecule has 0 aliphatic heterocycles. The molecule has 2 heteroatoms. The van der Waals surface area contributed by atoms with Crippen LogP contribution in [0.15, 0.2) is 30.3 Å². The van der Waals surface area contributed by atoms with E-state index < -0.39 is 0 Å². The fourth-order valence-corrected chi connectivity index (χ4v) is 2.99. The van der Waals surface area contributed by atoms with Gasteiger partial charge >= 0.3 is 0 Å². The Hall–Kier alpha value is -1.15. The Kier molecular flexibility index (Phi) is 7.66. The predicted molar refractivity (Wildman–Crippen MR) is 90.7 cm³/mol. The van der Waals surface area contributed by atoms with Crippen molar-refractivity contribution in [2.24, 2.45) is 0 Å². The summed E-state index contributed by atoms with van der Waals surface area (Å²) in [4.78, 5) is 14.7. The molecule has 0 aliphatic carbocycles. The number of carbonyl (C=O) groups excluding carboxylic acids is 1. The average Bonchev–Trinajstić information content (AvgIpc) is 2.47. The molecule has 21 heavy (non-hydrogen) atoms. The molecule has 1 rings (SSSR count). The second kappa shape index (κ2) is 8.99. The van der Waals surface area contributed by atoms with Gasteiger partial charge in [0.25, 0.3) is 0 Å². The van der Waals surface area contributed by atoms with Crippen molar-refractivity contribution in [3.8, 4) is 0 Å². The van der Waals surface area contributed by atoms with Crippen LogP contribution in [0.25, 0.3) is 0 Å². The first-order valence-corrected chi connectivity index (χ1v) is 8.24. The van der Waals surface area contributed by atoms with Crippen molar-refractivity contribution in [2.45, 2.75) is 57.8 Å². The van der Waals surface area contributed by atoms with Crippen molar-refractivity contribution < 1.29 is 4.79 Å². The summed E-state index contributed by atoms with van der Waals surface area (Å²) < 4.78 is 0. The lowest BCUT2D eigenvalue weighted by atomic mass is 9.71. The molecule has 0 radical (unpaired) electrons. The maximum Gasteiger partial charge on any atom is 0.140 e. The van der Waals surface area contributed by atoms with Gasteiger partial charge in [0, 0.05) is 0 Å². The first-order valence-electron chi connectivity index (χ1n) is 8.24. The molecule has 1 atom stereocenters. The molecule has 118 valence electrons. The van der Waals surface area contributed by atoms with Gasteiger partial charge in [-0.15, -0.1) is 0 Å². The van der Waals surface area contributed by atoms with Gasteiger partial charge in [0.1, 0.15) is 5.78 Å².